The minimum Gasteiger partial charge on any atom is -0.414 e. The van der Waals surface area contributed by atoms with E-state index >= 15 is 0 Å². The monoisotopic (exact) mass is 620 g/mol. The fourth-order valence-electron chi connectivity index (χ4n) is 4.08. The maximum absolute atomic E-state index is 7.26. The van der Waals surface area contributed by atoms with Gasteiger partial charge in [0.05, 0.1) is 18.6 Å². The standard InChI is InChI=1S/C30H56N4O4Si3/c1-17-21-23-26(32-19-31-21)34(20-33-23)27-25(38-41(15,16)30(8,9)10)24(37-40(13,14)29(5,6)7)22(36-27)18-35-39(11,12)28(2,3)4/h17,19-20,22,24-25,27H,1,18H2,2-16H3/t22-,24-,25-,27-/m1/s1. The van der Waals surface area contributed by atoms with E-state index < -0.39 is 31.2 Å². The number of hydrogen-bond donors (Lipinski definition) is 0. The van der Waals surface area contributed by atoms with Crippen molar-refractivity contribution in [3.8, 4) is 0 Å². The minimum absolute atomic E-state index is 0.00395. The van der Waals surface area contributed by atoms with Crippen molar-refractivity contribution >= 4 is 42.2 Å². The summed E-state index contributed by atoms with van der Waals surface area (Å²) < 4.78 is 30.3. The number of imidazole rings is 1. The molecule has 8 nitrogen and oxygen atoms in total. The second-order valence-electron chi connectivity index (χ2n) is 16.1. The van der Waals surface area contributed by atoms with Crippen molar-refractivity contribution in [2.45, 2.75) is 141 Å². The van der Waals surface area contributed by atoms with Gasteiger partial charge in [-0.25, -0.2) is 15.0 Å². The molecule has 3 rings (SSSR count). The summed E-state index contributed by atoms with van der Waals surface area (Å²) in [5.74, 6) is 0. The minimum atomic E-state index is -2.25. The summed E-state index contributed by atoms with van der Waals surface area (Å²) in [7, 11) is -6.52. The van der Waals surface area contributed by atoms with E-state index in [1.807, 2.05) is 4.57 Å². The van der Waals surface area contributed by atoms with Crippen molar-refractivity contribution in [3.63, 3.8) is 0 Å². The molecule has 0 bridgehead atoms. The molecule has 1 fully saturated rings. The molecule has 232 valence electrons. The van der Waals surface area contributed by atoms with Gasteiger partial charge >= 0.3 is 0 Å². The predicted octanol–water partition coefficient (Wildman–Crippen LogP) is 8.17. The molecule has 0 unspecified atom stereocenters. The van der Waals surface area contributed by atoms with Crippen LogP contribution in [0.4, 0.5) is 0 Å². The van der Waals surface area contributed by atoms with E-state index in [0.29, 0.717) is 23.5 Å². The van der Waals surface area contributed by atoms with Crippen LogP contribution >= 0.6 is 0 Å². The normalized spacial score (nSPS) is 23.4. The van der Waals surface area contributed by atoms with Gasteiger partial charge in [-0.3, -0.25) is 4.57 Å². The summed E-state index contributed by atoms with van der Waals surface area (Å²) in [6.07, 6.45) is 3.59. The Balaban J connectivity index is 2.17. The molecule has 11 heteroatoms. The average molecular weight is 621 g/mol. The van der Waals surface area contributed by atoms with E-state index in [-0.39, 0.29) is 33.4 Å². The van der Waals surface area contributed by atoms with Gasteiger partial charge in [0.1, 0.15) is 30.2 Å². The maximum Gasteiger partial charge on any atom is 0.192 e. The van der Waals surface area contributed by atoms with Crippen molar-refractivity contribution in [2.75, 3.05) is 6.61 Å². The third-order valence-corrected chi connectivity index (χ3v) is 23.5. The highest BCUT2D eigenvalue weighted by molar-refractivity contribution is 6.75. The Morgan fingerprint density at radius 3 is 1.80 bits per heavy atom. The molecular weight excluding hydrogens is 565 g/mol. The van der Waals surface area contributed by atoms with Crippen LogP contribution in [-0.2, 0) is 18.0 Å². The van der Waals surface area contributed by atoms with Gasteiger partial charge in [-0.05, 0) is 60.5 Å². The van der Waals surface area contributed by atoms with Crippen LogP contribution in [0.2, 0.25) is 54.4 Å². The molecule has 4 atom stereocenters. The fourth-order valence-corrected chi connectivity index (χ4v) is 7.70. The first-order valence-electron chi connectivity index (χ1n) is 14.9. The highest BCUT2D eigenvalue weighted by Crippen LogP contribution is 2.47. The van der Waals surface area contributed by atoms with Gasteiger partial charge in [0.25, 0.3) is 0 Å². The molecule has 0 aromatic carbocycles. The lowest BCUT2D eigenvalue weighted by Gasteiger charge is -2.44. The van der Waals surface area contributed by atoms with E-state index in [1.165, 1.54) is 0 Å². The highest BCUT2D eigenvalue weighted by Gasteiger charge is 2.55. The molecule has 1 aliphatic heterocycles. The van der Waals surface area contributed by atoms with Crippen LogP contribution in [0.3, 0.4) is 0 Å². The number of rotatable bonds is 9. The molecule has 0 radical (unpaired) electrons. The number of hydrogen-bond acceptors (Lipinski definition) is 7. The molecule has 0 N–H and O–H groups in total. The lowest BCUT2D eigenvalue weighted by molar-refractivity contribution is -0.0470. The van der Waals surface area contributed by atoms with E-state index in [2.05, 4.69) is 123 Å². The molecule has 3 heterocycles. The molecule has 1 aliphatic rings. The van der Waals surface area contributed by atoms with Gasteiger partial charge in [-0.2, -0.15) is 0 Å². The Labute approximate surface area is 252 Å². The van der Waals surface area contributed by atoms with E-state index in [0.717, 1.165) is 0 Å². The molecule has 2 aromatic heterocycles. The second kappa shape index (κ2) is 11.4. The van der Waals surface area contributed by atoms with Gasteiger partial charge in [-0.1, -0.05) is 68.9 Å². The van der Waals surface area contributed by atoms with Crippen molar-refractivity contribution in [3.05, 3.63) is 24.9 Å². The third kappa shape index (κ3) is 6.97. The zero-order valence-electron chi connectivity index (χ0n) is 28.4. The number of ether oxygens (including phenoxy) is 1. The molecule has 0 aliphatic carbocycles. The van der Waals surface area contributed by atoms with Crippen molar-refractivity contribution in [1.82, 2.24) is 19.5 Å². The summed E-state index contributed by atoms with van der Waals surface area (Å²) in [5, 5.41) is 0.103. The summed E-state index contributed by atoms with van der Waals surface area (Å²) in [6, 6.07) is 0. The molecule has 0 saturated carbocycles. The number of aromatic nitrogens is 4. The zero-order valence-corrected chi connectivity index (χ0v) is 31.4. The summed E-state index contributed by atoms with van der Waals surface area (Å²) in [5.41, 5.74) is 2.08. The van der Waals surface area contributed by atoms with Crippen molar-refractivity contribution < 1.29 is 18.0 Å². The van der Waals surface area contributed by atoms with Crippen LogP contribution in [0.25, 0.3) is 17.2 Å². The molecule has 41 heavy (non-hydrogen) atoms. The smallest absolute Gasteiger partial charge is 0.192 e. The number of nitrogens with zero attached hydrogens (tertiary/aromatic N) is 4. The Morgan fingerprint density at radius 2 is 1.32 bits per heavy atom. The Kier molecular flexibility index (Phi) is 9.50. The summed E-state index contributed by atoms with van der Waals surface area (Å²) in [6.45, 7) is 38.5. The number of fused-ring (bicyclic) bond motifs is 1. The van der Waals surface area contributed by atoms with E-state index in [1.54, 1.807) is 18.7 Å². The Hall–Kier alpha value is -1.22. The van der Waals surface area contributed by atoms with Gasteiger partial charge in [0.15, 0.2) is 36.8 Å². The van der Waals surface area contributed by atoms with Crippen LogP contribution in [0.1, 0.15) is 74.2 Å². The maximum atomic E-state index is 7.26. The van der Waals surface area contributed by atoms with Crippen molar-refractivity contribution in [2.24, 2.45) is 0 Å². The lowest BCUT2D eigenvalue weighted by Crippen LogP contribution is -2.54. The van der Waals surface area contributed by atoms with Gasteiger partial charge in [-0.15, -0.1) is 0 Å². The van der Waals surface area contributed by atoms with Crippen LogP contribution in [-0.4, -0.2) is 69.4 Å². The van der Waals surface area contributed by atoms with Crippen LogP contribution < -0.4 is 0 Å². The SMILES string of the molecule is C=Cc1ncnc2c1ncn2[C@@H]1O[C@H](CO[Si](C)(C)C(C)(C)C)[C@@H](O[Si](C)(C)C(C)(C)C)[C@H]1O[Si](C)(C)C(C)(C)C. The zero-order chi connectivity index (χ0) is 31.4. The summed E-state index contributed by atoms with van der Waals surface area (Å²) >= 11 is 0. The predicted molar refractivity (Wildman–Crippen MR) is 177 cm³/mol. The van der Waals surface area contributed by atoms with Crippen molar-refractivity contribution in [1.29, 1.82) is 0 Å². The average Bonchev–Trinajstić information content (AvgIpc) is 3.36. The van der Waals surface area contributed by atoms with Crippen LogP contribution in [0.15, 0.2) is 19.2 Å². The van der Waals surface area contributed by atoms with E-state index in [9.17, 15) is 0 Å². The van der Waals surface area contributed by atoms with Gasteiger partial charge < -0.3 is 18.0 Å². The van der Waals surface area contributed by atoms with Gasteiger partial charge in [0.2, 0.25) is 0 Å². The topological polar surface area (TPSA) is 80.5 Å². The first-order chi connectivity index (χ1) is 18.4. The van der Waals surface area contributed by atoms with E-state index in [4.69, 9.17) is 18.0 Å². The fraction of sp³-hybridized carbons (Fsp3) is 0.767. The Bertz CT molecular complexity index is 1230. The Morgan fingerprint density at radius 1 is 0.805 bits per heavy atom. The first-order valence-corrected chi connectivity index (χ1v) is 23.6. The van der Waals surface area contributed by atoms with Gasteiger partial charge in [0, 0.05) is 0 Å². The molecule has 0 amide bonds. The first kappa shape index (κ1) is 34.3. The van der Waals surface area contributed by atoms with Crippen LogP contribution in [0.5, 0.6) is 0 Å². The molecule has 0 spiro atoms. The second-order valence-corrected chi connectivity index (χ2v) is 30.4. The lowest BCUT2D eigenvalue weighted by atomic mass is 10.1. The quantitative estimate of drug-likeness (QED) is 0.262. The molecular formula is C30H56N4O4Si3. The summed E-state index contributed by atoms with van der Waals surface area (Å²) in [4.78, 5) is 13.7. The third-order valence-electron chi connectivity index (χ3n) is 10.0. The van der Waals surface area contributed by atoms with Crippen LogP contribution in [0, 0.1) is 0 Å². The largest absolute Gasteiger partial charge is 0.414 e. The highest BCUT2D eigenvalue weighted by atomic mass is 28.4. The molecule has 2 aromatic rings. The molecule has 1 saturated heterocycles.